The number of carbonyl (C=O) groups excluding carboxylic acids is 1. The lowest BCUT2D eigenvalue weighted by Crippen LogP contribution is -2.37. The third-order valence-corrected chi connectivity index (χ3v) is 3.35. The molecule has 1 unspecified atom stereocenters. The second-order valence-electron chi connectivity index (χ2n) is 4.45. The first-order valence-corrected chi connectivity index (χ1v) is 5.70. The quantitative estimate of drug-likeness (QED) is 0.716. The molecule has 0 bridgehead atoms. The number of carbonyl (C=O) groups is 1. The normalized spacial score (nSPS) is 24.6. The zero-order valence-corrected chi connectivity index (χ0v) is 9.76. The van der Waals surface area contributed by atoms with Gasteiger partial charge < -0.3 is 10.6 Å². The second kappa shape index (κ2) is 4.25. The van der Waals surface area contributed by atoms with Gasteiger partial charge in [-0.1, -0.05) is 6.92 Å². The summed E-state index contributed by atoms with van der Waals surface area (Å²) in [4.78, 5) is 12.2. The number of hydrogen-bond acceptors (Lipinski definition) is 3. The minimum atomic E-state index is -0.257. The van der Waals surface area contributed by atoms with Crippen LogP contribution in [0.25, 0.3) is 0 Å². The molecule has 1 fully saturated rings. The zero-order chi connectivity index (χ0) is 11.6. The first kappa shape index (κ1) is 11.1. The lowest BCUT2D eigenvalue weighted by molar-refractivity contribution is -0.124. The van der Waals surface area contributed by atoms with Crippen LogP contribution in [0.1, 0.15) is 25.5 Å². The predicted molar refractivity (Wildman–Crippen MR) is 62.2 cm³/mol. The van der Waals surface area contributed by atoms with Crippen LogP contribution in [0, 0.1) is 12.3 Å². The van der Waals surface area contributed by atoms with E-state index in [4.69, 9.17) is 0 Å². The van der Waals surface area contributed by atoms with E-state index >= 15 is 0 Å². The Hall–Kier alpha value is -1.36. The van der Waals surface area contributed by atoms with Crippen LogP contribution in [0.3, 0.4) is 0 Å². The molecule has 2 rings (SSSR count). The van der Waals surface area contributed by atoms with Gasteiger partial charge in [0.1, 0.15) is 0 Å². The first-order chi connectivity index (χ1) is 7.66. The van der Waals surface area contributed by atoms with Gasteiger partial charge in [-0.2, -0.15) is 5.10 Å². The Balaban J connectivity index is 2.07. The van der Waals surface area contributed by atoms with Crippen molar-refractivity contribution in [1.82, 2.24) is 15.5 Å². The van der Waals surface area contributed by atoms with Crippen molar-refractivity contribution in [3.63, 3.8) is 0 Å². The van der Waals surface area contributed by atoms with Crippen LogP contribution in [0.2, 0.25) is 0 Å². The molecular formula is C11H18N4O. The van der Waals surface area contributed by atoms with Gasteiger partial charge in [0.05, 0.1) is 5.41 Å². The Bertz CT molecular complexity index is 379. The predicted octanol–water partition coefficient (Wildman–Crippen LogP) is 1.05. The fraction of sp³-hybridized carbons (Fsp3) is 0.636. The highest BCUT2D eigenvalue weighted by Crippen LogP contribution is 2.30. The van der Waals surface area contributed by atoms with Crippen molar-refractivity contribution < 1.29 is 4.79 Å². The molecule has 1 aromatic rings. The molecule has 3 N–H and O–H groups in total. The average molecular weight is 222 g/mol. The third kappa shape index (κ3) is 1.95. The number of H-pyrrole nitrogens is 1. The van der Waals surface area contributed by atoms with Crippen LogP contribution in [0.4, 0.5) is 5.82 Å². The summed E-state index contributed by atoms with van der Waals surface area (Å²) in [5.41, 5.74) is 0.692. The summed E-state index contributed by atoms with van der Waals surface area (Å²) in [6.45, 7) is 5.65. The van der Waals surface area contributed by atoms with Gasteiger partial charge in [0.25, 0.3) is 0 Å². The molecule has 88 valence electrons. The summed E-state index contributed by atoms with van der Waals surface area (Å²) < 4.78 is 0. The van der Waals surface area contributed by atoms with Gasteiger partial charge in [0.15, 0.2) is 5.82 Å². The van der Waals surface area contributed by atoms with E-state index in [0.717, 1.165) is 31.6 Å². The standard InChI is InChI=1S/C11H18N4O/c1-3-11(4-5-12-7-11)10(16)13-9-6-8(2)14-15-9/h6,12H,3-5,7H2,1-2H3,(H2,13,14,15,16). The summed E-state index contributed by atoms with van der Waals surface area (Å²) in [6, 6.07) is 1.84. The number of amides is 1. The Morgan fingerprint density at radius 3 is 3.00 bits per heavy atom. The minimum Gasteiger partial charge on any atom is -0.316 e. The molecule has 0 aromatic carbocycles. The lowest BCUT2D eigenvalue weighted by atomic mass is 9.83. The van der Waals surface area contributed by atoms with Crippen molar-refractivity contribution in [3.8, 4) is 0 Å². The van der Waals surface area contributed by atoms with Crippen molar-refractivity contribution in [2.75, 3.05) is 18.4 Å². The molecule has 1 aliphatic rings. The topological polar surface area (TPSA) is 69.8 Å². The smallest absolute Gasteiger partial charge is 0.233 e. The molecular weight excluding hydrogens is 204 g/mol. The number of aryl methyl sites for hydroxylation is 1. The molecule has 1 saturated heterocycles. The molecule has 1 atom stereocenters. The molecule has 0 aliphatic carbocycles. The molecule has 16 heavy (non-hydrogen) atoms. The van der Waals surface area contributed by atoms with Crippen LogP contribution < -0.4 is 10.6 Å². The van der Waals surface area contributed by atoms with Crippen molar-refractivity contribution >= 4 is 11.7 Å². The van der Waals surface area contributed by atoms with E-state index in [1.54, 1.807) is 0 Å². The fourth-order valence-electron chi connectivity index (χ4n) is 2.13. The maximum atomic E-state index is 12.2. The van der Waals surface area contributed by atoms with E-state index in [1.807, 2.05) is 13.0 Å². The number of anilines is 1. The Kier molecular flexibility index (Phi) is 2.96. The molecule has 0 radical (unpaired) electrons. The monoisotopic (exact) mass is 222 g/mol. The number of nitrogens with one attached hydrogen (secondary N) is 3. The van der Waals surface area contributed by atoms with E-state index in [1.165, 1.54) is 0 Å². The van der Waals surface area contributed by atoms with E-state index < -0.39 is 0 Å². The van der Waals surface area contributed by atoms with Gasteiger partial charge in [-0.05, 0) is 26.3 Å². The van der Waals surface area contributed by atoms with E-state index in [-0.39, 0.29) is 11.3 Å². The number of aromatic nitrogens is 2. The van der Waals surface area contributed by atoms with Crippen molar-refractivity contribution in [1.29, 1.82) is 0 Å². The Labute approximate surface area is 95.0 Å². The molecule has 1 amide bonds. The van der Waals surface area contributed by atoms with Crippen molar-refractivity contribution in [2.24, 2.45) is 5.41 Å². The minimum absolute atomic E-state index is 0.0755. The Morgan fingerprint density at radius 1 is 1.69 bits per heavy atom. The number of rotatable bonds is 3. The molecule has 5 nitrogen and oxygen atoms in total. The summed E-state index contributed by atoms with van der Waals surface area (Å²) in [7, 11) is 0. The molecule has 1 aliphatic heterocycles. The van der Waals surface area contributed by atoms with Gasteiger partial charge in [0.2, 0.25) is 5.91 Å². The average Bonchev–Trinajstić information content (AvgIpc) is 2.88. The summed E-state index contributed by atoms with van der Waals surface area (Å²) in [5, 5.41) is 13.0. The maximum Gasteiger partial charge on any atom is 0.233 e. The molecule has 2 heterocycles. The van der Waals surface area contributed by atoms with Crippen LogP contribution in [-0.4, -0.2) is 29.2 Å². The number of hydrogen-bond donors (Lipinski definition) is 3. The lowest BCUT2D eigenvalue weighted by Gasteiger charge is -2.24. The molecule has 0 saturated carbocycles. The van der Waals surface area contributed by atoms with Crippen molar-refractivity contribution in [2.45, 2.75) is 26.7 Å². The first-order valence-electron chi connectivity index (χ1n) is 5.70. The highest BCUT2D eigenvalue weighted by atomic mass is 16.2. The SMILES string of the molecule is CCC1(C(=O)Nc2cc(C)[nH]n2)CCNC1. The van der Waals surface area contributed by atoms with Crippen molar-refractivity contribution in [3.05, 3.63) is 11.8 Å². The largest absolute Gasteiger partial charge is 0.316 e. The fourth-order valence-corrected chi connectivity index (χ4v) is 2.13. The highest BCUT2D eigenvalue weighted by Gasteiger charge is 2.39. The van der Waals surface area contributed by atoms with E-state index in [2.05, 4.69) is 27.8 Å². The van der Waals surface area contributed by atoms with E-state index in [9.17, 15) is 4.79 Å². The van der Waals surface area contributed by atoms with Crippen LogP contribution in [-0.2, 0) is 4.79 Å². The van der Waals surface area contributed by atoms with Gasteiger partial charge in [-0.3, -0.25) is 9.89 Å². The van der Waals surface area contributed by atoms with E-state index in [0.29, 0.717) is 5.82 Å². The van der Waals surface area contributed by atoms with Gasteiger partial charge in [-0.15, -0.1) is 0 Å². The Morgan fingerprint density at radius 2 is 2.50 bits per heavy atom. The molecule has 1 aromatic heterocycles. The van der Waals surface area contributed by atoms with Crippen LogP contribution >= 0.6 is 0 Å². The van der Waals surface area contributed by atoms with Crippen LogP contribution in [0.5, 0.6) is 0 Å². The molecule has 5 heteroatoms. The second-order valence-corrected chi connectivity index (χ2v) is 4.45. The zero-order valence-electron chi connectivity index (χ0n) is 9.76. The van der Waals surface area contributed by atoms with Gasteiger partial charge in [-0.25, -0.2) is 0 Å². The number of aromatic amines is 1. The summed E-state index contributed by atoms with van der Waals surface area (Å²) in [5.74, 6) is 0.689. The molecule has 0 spiro atoms. The summed E-state index contributed by atoms with van der Waals surface area (Å²) >= 11 is 0. The maximum absolute atomic E-state index is 12.2. The summed E-state index contributed by atoms with van der Waals surface area (Å²) in [6.07, 6.45) is 1.76. The third-order valence-electron chi connectivity index (χ3n) is 3.35. The van der Waals surface area contributed by atoms with Crippen LogP contribution in [0.15, 0.2) is 6.07 Å². The van der Waals surface area contributed by atoms with Gasteiger partial charge >= 0.3 is 0 Å². The number of nitrogens with zero attached hydrogens (tertiary/aromatic N) is 1. The highest BCUT2D eigenvalue weighted by molar-refractivity contribution is 5.95. The van der Waals surface area contributed by atoms with Gasteiger partial charge in [0, 0.05) is 18.3 Å².